The highest BCUT2D eigenvalue weighted by Crippen LogP contribution is 2.31. The van der Waals surface area contributed by atoms with E-state index in [1.54, 1.807) is 10.8 Å². The number of aromatic nitrogens is 4. The Morgan fingerprint density at radius 1 is 1.23 bits per heavy atom. The number of hydrogen-bond donors (Lipinski definition) is 1. The zero-order chi connectivity index (χ0) is 18.3. The van der Waals surface area contributed by atoms with Crippen molar-refractivity contribution >= 4 is 22.8 Å². The number of rotatable bonds is 6. The first-order valence-electron chi connectivity index (χ1n) is 9.08. The van der Waals surface area contributed by atoms with E-state index in [0.29, 0.717) is 12.5 Å². The molecule has 0 unspecified atom stereocenters. The second kappa shape index (κ2) is 6.48. The largest absolute Gasteiger partial charge is 0.329 e. The number of benzene rings is 1. The minimum atomic E-state index is -0.216. The molecule has 1 aliphatic carbocycles. The molecular formula is C19H23N5O2. The van der Waals surface area contributed by atoms with Crippen molar-refractivity contribution in [2.75, 3.05) is 5.32 Å². The van der Waals surface area contributed by atoms with E-state index in [4.69, 9.17) is 0 Å². The number of aryl methyl sites for hydroxylation is 2. The van der Waals surface area contributed by atoms with Crippen LogP contribution in [0.2, 0.25) is 0 Å². The van der Waals surface area contributed by atoms with Crippen LogP contribution in [0.4, 0.5) is 5.82 Å². The molecule has 2 heterocycles. The molecule has 1 amide bonds. The van der Waals surface area contributed by atoms with E-state index in [-0.39, 0.29) is 18.1 Å². The van der Waals surface area contributed by atoms with Gasteiger partial charge in [-0.15, -0.1) is 0 Å². The molecule has 7 heteroatoms. The lowest BCUT2D eigenvalue weighted by atomic mass is 10.3. The number of fused-ring (bicyclic) bond motifs is 1. The highest BCUT2D eigenvalue weighted by atomic mass is 16.2. The molecule has 3 aromatic rings. The van der Waals surface area contributed by atoms with Gasteiger partial charge >= 0.3 is 5.69 Å². The first-order chi connectivity index (χ1) is 12.6. The third kappa shape index (κ3) is 2.94. The summed E-state index contributed by atoms with van der Waals surface area (Å²) in [4.78, 5) is 25.3. The summed E-state index contributed by atoms with van der Waals surface area (Å²) in [6.45, 7) is 5.25. The van der Waals surface area contributed by atoms with Gasteiger partial charge in [-0.05, 0) is 44.7 Å². The van der Waals surface area contributed by atoms with Crippen LogP contribution in [0.3, 0.4) is 0 Å². The van der Waals surface area contributed by atoms with Crippen molar-refractivity contribution in [3.05, 3.63) is 46.5 Å². The van der Waals surface area contributed by atoms with Gasteiger partial charge in [-0.25, -0.2) is 9.48 Å². The molecule has 136 valence electrons. The molecule has 1 saturated carbocycles. The maximum atomic E-state index is 12.7. The lowest BCUT2D eigenvalue weighted by Crippen LogP contribution is -2.29. The van der Waals surface area contributed by atoms with E-state index in [2.05, 4.69) is 10.4 Å². The maximum absolute atomic E-state index is 12.7. The highest BCUT2D eigenvalue weighted by molar-refractivity contribution is 5.91. The fraction of sp³-hybridized carbons (Fsp3) is 0.421. The van der Waals surface area contributed by atoms with E-state index in [0.717, 1.165) is 29.0 Å². The van der Waals surface area contributed by atoms with Crippen LogP contribution in [0.15, 0.2) is 35.3 Å². The topological polar surface area (TPSA) is 73.8 Å². The van der Waals surface area contributed by atoms with Crippen LogP contribution in [0.25, 0.3) is 11.0 Å². The van der Waals surface area contributed by atoms with Crippen molar-refractivity contribution < 1.29 is 4.79 Å². The Labute approximate surface area is 151 Å². The summed E-state index contributed by atoms with van der Waals surface area (Å²) in [5.74, 6) is 1.18. The maximum Gasteiger partial charge on any atom is 0.329 e. The lowest BCUT2D eigenvalue weighted by molar-refractivity contribution is -0.116. The molecule has 4 rings (SSSR count). The Hall–Kier alpha value is -2.83. The molecular weight excluding hydrogens is 330 g/mol. The normalized spacial score (nSPS) is 14.1. The third-order valence-corrected chi connectivity index (χ3v) is 4.95. The van der Waals surface area contributed by atoms with Gasteiger partial charge in [0.2, 0.25) is 5.91 Å². The summed E-state index contributed by atoms with van der Waals surface area (Å²) in [6.07, 6.45) is 4.21. The van der Waals surface area contributed by atoms with Crippen LogP contribution < -0.4 is 11.0 Å². The van der Waals surface area contributed by atoms with Crippen molar-refractivity contribution in [3.63, 3.8) is 0 Å². The SMILES string of the molecule is CCn1c(=O)n(CC(=O)Nc2c(C)cnn2CC2CC2)c2ccccc21. The van der Waals surface area contributed by atoms with Crippen LogP contribution in [-0.4, -0.2) is 24.8 Å². The van der Waals surface area contributed by atoms with Gasteiger partial charge in [0.05, 0.1) is 17.2 Å². The summed E-state index contributed by atoms with van der Waals surface area (Å²) < 4.78 is 5.08. The molecule has 0 aliphatic heterocycles. The number of carbonyl (C=O) groups is 1. The quantitative estimate of drug-likeness (QED) is 0.739. The van der Waals surface area contributed by atoms with E-state index < -0.39 is 0 Å². The zero-order valence-corrected chi connectivity index (χ0v) is 15.1. The monoisotopic (exact) mass is 353 g/mol. The summed E-state index contributed by atoms with van der Waals surface area (Å²) in [5.41, 5.74) is 2.40. The van der Waals surface area contributed by atoms with Crippen LogP contribution >= 0.6 is 0 Å². The van der Waals surface area contributed by atoms with Gasteiger partial charge in [0.1, 0.15) is 12.4 Å². The van der Waals surface area contributed by atoms with E-state index in [1.165, 1.54) is 17.4 Å². The average Bonchev–Trinajstić information content (AvgIpc) is 3.34. The summed E-state index contributed by atoms with van der Waals surface area (Å²) in [7, 11) is 0. The Morgan fingerprint density at radius 3 is 2.58 bits per heavy atom. The number of carbonyl (C=O) groups excluding carboxylic acids is 1. The predicted octanol–water partition coefficient (Wildman–Crippen LogP) is 2.38. The molecule has 1 N–H and O–H groups in total. The van der Waals surface area contributed by atoms with Gasteiger partial charge in [0.25, 0.3) is 0 Å². The number of anilines is 1. The number of hydrogen-bond acceptors (Lipinski definition) is 3. The molecule has 1 aromatic carbocycles. The molecule has 0 spiro atoms. The molecule has 0 saturated heterocycles. The van der Waals surface area contributed by atoms with Gasteiger partial charge in [0, 0.05) is 18.7 Å². The third-order valence-electron chi connectivity index (χ3n) is 4.95. The highest BCUT2D eigenvalue weighted by Gasteiger charge is 2.24. The number of nitrogens with one attached hydrogen (secondary N) is 1. The van der Waals surface area contributed by atoms with E-state index in [9.17, 15) is 9.59 Å². The van der Waals surface area contributed by atoms with Gasteiger partial charge in [0.15, 0.2) is 0 Å². The second-order valence-corrected chi connectivity index (χ2v) is 6.95. The molecule has 0 bridgehead atoms. The molecule has 7 nitrogen and oxygen atoms in total. The molecule has 1 aliphatic rings. The second-order valence-electron chi connectivity index (χ2n) is 6.95. The van der Waals surface area contributed by atoms with Crippen molar-refractivity contribution in [1.29, 1.82) is 0 Å². The predicted molar refractivity (Wildman–Crippen MR) is 100 cm³/mol. The van der Waals surface area contributed by atoms with E-state index in [1.807, 2.05) is 42.8 Å². The molecule has 2 aromatic heterocycles. The fourth-order valence-corrected chi connectivity index (χ4v) is 3.37. The molecule has 1 fully saturated rings. The molecule has 0 radical (unpaired) electrons. The van der Waals surface area contributed by atoms with Crippen molar-refractivity contribution in [3.8, 4) is 0 Å². The summed E-state index contributed by atoms with van der Waals surface area (Å²) in [5, 5.41) is 7.32. The van der Waals surface area contributed by atoms with Crippen LogP contribution in [0.5, 0.6) is 0 Å². The van der Waals surface area contributed by atoms with Crippen LogP contribution in [-0.2, 0) is 24.4 Å². The van der Waals surface area contributed by atoms with Crippen molar-refractivity contribution in [1.82, 2.24) is 18.9 Å². The Morgan fingerprint density at radius 2 is 1.92 bits per heavy atom. The van der Waals surface area contributed by atoms with Gasteiger partial charge in [-0.1, -0.05) is 12.1 Å². The summed E-state index contributed by atoms with van der Waals surface area (Å²) in [6, 6.07) is 7.56. The summed E-state index contributed by atoms with van der Waals surface area (Å²) >= 11 is 0. The van der Waals surface area contributed by atoms with Gasteiger partial charge < -0.3 is 5.32 Å². The van der Waals surface area contributed by atoms with E-state index >= 15 is 0 Å². The lowest BCUT2D eigenvalue weighted by Gasteiger charge is -2.10. The smallest absolute Gasteiger partial charge is 0.309 e. The standard InChI is InChI=1S/C19H23N5O2/c1-3-22-15-6-4-5-7-16(15)23(19(22)26)12-17(25)21-18-13(2)10-20-24(18)11-14-8-9-14/h4-7,10,14H,3,8-9,11-12H2,1-2H3,(H,21,25). The van der Waals surface area contributed by atoms with Crippen LogP contribution in [0.1, 0.15) is 25.3 Å². The Bertz CT molecular complexity index is 1020. The minimum absolute atomic E-state index is 0.0135. The first-order valence-corrected chi connectivity index (χ1v) is 9.08. The number of para-hydroxylation sites is 2. The first kappa shape index (κ1) is 16.6. The van der Waals surface area contributed by atoms with Gasteiger partial charge in [-0.2, -0.15) is 5.10 Å². The Balaban J connectivity index is 1.60. The number of amides is 1. The van der Waals surface area contributed by atoms with Gasteiger partial charge in [-0.3, -0.25) is 13.9 Å². The number of imidazole rings is 1. The van der Waals surface area contributed by atoms with Crippen molar-refractivity contribution in [2.24, 2.45) is 5.92 Å². The zero-order valence-electron chi connectivity index (χ0n) is 15.1. The molecule has 0 atom stereocenters. The van der Waals surface area contributed by atoms with Crippen molar-refractivity contribution in [2.45, 2.75) is 46.3 Å². The fourth-order valence-electron chi connectivity index (χ4n) is 3.37. The average molecular weight is 353 g/mol. The number of nitrogens with zero attached hydrogens (tertiary/aromatic N) is 4. The minimum Gasteiger partial charge on any atom is -0.309 e. The molecule has 26 heavy (non-hydrogen) atoms. The van der Waals surface area contributed by atoms with Crippen LogP contribution in [0, 0.1) is 12.8 Å². The Kier molecular flexibility index (Phi) is 4.14.